The van der Waals surface area contributed by atoms with Crippen LogP contribution < -0.4 is 0 Å². The molecular weight excluding hydrogens is 552 g/mol. The fourth-order valence-electron chi connectivity index (χ4n) is 5.58. The number of hydrogen-bond donors (Lipinski definition) is 0. The lowest BCUT2D eigenvalue weighted by molar-refractivity contribution is 0.250. The summed E-state index contributed by atoms with van der Waals surface area (Å²) in [6, 6.07) is 8.94. The Bertz CT molecular complexity index is 669. The van der Waals surface area contributed by atoms with Gasteiger partial charge >= 0.3 is 0 Å². The molecule has 0 N–H and O–H groups in total. The summed E-state index contributed by atoms with van der Waals surface area (Å²) >= 11 is 5.97. The Hall–Kier alpha value is -0.750. The van der Waals surface area contributed by atoms with Gasteiger partial charge < -0.3 is 0 Å². The Balaban J connectivity index is -0.000000280. The minimum absolute atomic E-state index is 0.232. The summed E-state index contributed by atoms with van der Waals surface area (Å²) in [6.07, 6.45) is 24.0. The van der Waals surface area contributed by atoms with Crippen LogP contribution in [0.3, 0.4) is 0 Å². The molecular formula is C43H85Cl. The highest BCUT2D eigenvalue weighted by Gasteiger charge is 2.26. The van der Waals surface area contributed by atoms with Crippen LogP contribution in [0.2, 0.25) is 0 Å². The maximum Gasteiger partial charge on any atom is 0.0112 e. The van der Waals surface area contributed by atoms with Crippen molar-refractivity contribution in [3.63, 3.8) is 0 Å². The van der Waals surface area contributed by atoms with E-state index < -0.39 is 0 Å². The second-order valence-electron chi connectivity index (χ2n) is 13.1. The van der Waals surface area contributed by atoms with Crippen molar-refractivity contribution >= 4 is 11.6 Å². The SMILES string of the molecule is CC.CCC(C)(CC(C)/C=C(/C)Cl)c1ccc(C)cc1.CCCC.CCCC.CCCCCC(CCC)C(CCC)CCC. The van der Waals surface area contributed by atoms with E-state index in [0.29, 0.717) is 5.92 Å². The van der Waals surface area contributed by atoms with Crippen LogP contribution in [0.5, 0.6) is 0 Å². The molecule has 1 heteroatoms. The zero-order valence-electron chi connectivity index (χ0n) is 33.3. The molecule has 0 bridgehead atoms. The number of halogens is 1. The van der Waals surface area contributed by atoms with Gasteiger partial charge in [0.15, 0.2) is 0 Å². The summed E-state index contributed by atoms with van der Waals surface area (Å²) in [5.74, 6) is 2.55. The predicted octanol–water partition coefficient (Wildman–Crippen LogP) is 16.7. The monoisotopic (exact) mass is 637 g/mol. The van der Waals surface area contributed by atoms with E-state index in [1.165, 1.54) is 101 Å². The summed E-state index contributed by atoms with van der Waals surface area (Å²) in [6.45, 7) is 33.0. The van der Waals surface area contributed by atoms with Crippen molar-refractivity contribution in [1.29, 1.82) is 0 Å². The molecule has 44 heavy (non-hydrogen) atoms. The molecule has 0 saturated carbocycles. The molecule has 0 amide bonds. The maximum absolute atomic E-state index is 5.97. The van der Waals surface area contributed by atoms with Gasteiger partial charge in [0.25, 0.3) is 0 Å². The third kappa shape index (κ3) is 29.9. The number of aryl methyl sites for hydroxylation is 1. The molecule has 0 aliphatic carbocycles. The molecule has 0 nitrogen and oxygen atoms in total. The minimum atomic E-state index is 0.232. The fraction of sp³-hybridized carbons (Fsp3) is 0.814. The molecule has 0 aliphatic rings. The summed E-state index contributed by atoms with van der Waals surface area (Å²) in [5.41, 5.74) is 2.99. The Labute approximate surface area is 287 Å². The maximum atomic E-state index is 5.97. The Morgan fingerprint density at radius 2 is 1.07 bits per heavy atom. The smallest absolute Gasteiger partial charge is 0.0112 e. The van der Waals surface area contributed by atoms with Gasteiger partial charge in [-0.05, 0) is 55.4 Å². The molecule has 1 aromatic rings. The summed E-state index contributed by atoms with van der Waals surface area (Å²) in [4.78, 5) is 0. The lowest BCUT2D eigenvalue weighted by Crippen LogP contribution is -2.23. The molecule has 0 radical (unpaired) electrons. The van der Waals surface area contributed by atoms with E-state index in [1.54, 1.807) is 0 Å². The van der Waals surface area contributed by atoms with E-state index in [1.807, 2.05) is 20.8 Å². The largest absolute Gasteiger partial charge is 0.0898 e. The molecule has 3 atom stereocenters. The lowest BCUT2D eigenvalue weighted by Gasteiger charge is -2.31. The molecule has 0 saturated heterocycles. The van der Waals surface area contributed by atoms with Crippen molar-refractivity contribution in [3.05, 3.63) is 46.5 Å². The van der Waals surface area contributed by atoms with E-state index >= 15 is 0 Å². The highest BCUT2D eigenvalue weighted by atomic mass is 35.5. The van der Waals surface area contributed by atoms with E-state index in [0.717, 1.165) is 29.7 Å². The summed E-state index contributed by atoms with van der Waals surface area (Å²) in [7, 11) is 0. The zero-order valence-corrected chi connectivity index (χ0v) is 34.1. The second-order valence-corrected chi connectivity index (χ2v) is 13.7. The van der Waals surface area contributed by atoms with E-state index in [9.17, 15) is 0 Å². The van der Waals surface area contributed by atoms with Crippen LogP contribution in [0, 0.1) is 24.7 Å². The zero-order chi connectivity index (χ0) is 34.8. The van der Waals surface area contributed by atoms with Gasteiger partial charge in [0.05, 0.1) is 0 Å². The van der Waals surface area contributed by atoms with Crippen LogP contribution in [0.15, 0.2) is 35.4 Å². The molecule has 1 rings (SSSR count). The van der Waals surface area contributed by atoms with Crippen LogP contribution in [-0.4, -0.2) is 0 Å². The number of unbranched alkanes of at least 4 members (excludes halogenated alkanes) is 4. The van der Waals surface area contributed by atoms with E-state index in [4.69, 9.17) is 11.6 Å². The van der Waals surface area contributed by atoms with Gasteiger partial charge in [0.2, 0.25) is 0 Å². The van der Waals surface area contributed by atoms with E-state index in [2.05, 4.69) is 113 Å². The Kier molecular flexibility index (Phi) is 41.8. The predicted molar refractivity (Wildman–Crippen MR) is 211 cm³/mol. The molecule has 0 aliphatic heterocycles. The van der Waals surface area contributed by atoms with Gasteiger partial charge in [-0.15, -0.1) is 0 Å². The standard InChI is InChI=1S/C17H25Cl.C16H34.2C4H10.C2H6/c1-6-17(5,12-14(3)11-15(4)18)16-9-7-13(2)8-10-16;1-5-9-10-14-16(13-8-4)15(11-6-2)12-7-3;2*1-3-4-2;1-2/h7-11,14H,6,12H2,1-5H3;15-16H,5-14H2,1-4H3;2*3-4H2,1-2H3;1-2H3/b15-11-;;;;. The van der Waals surface area contributed by atoms with Crippen molar-refractivity contribution in [1.82, 2.24) is 0 Å². The van der Waals surface area contributed by atoms with Gasteiger partial charge in [-0.1, -0.05) is 227 Å². The van der Waals surface area contributed by atoms with Gasteiger partial charge in [-0.3, -0.25) is 0 Å². The topological polar surface area (TPSA) is 0 Å². The molecule has 1 aromatic carbocycles. The molecule has 0 aromatic heterocycles. The molecule has 0 heterocycles. The first kappa shape index (κ1) is 50.1. The Morgan fingerprint density at radius 1 is 0.659 bits per heavy atom. The normalized spacial score (nSPS) is 13.4. The first-order chi connectivity index (χ1) is 21.0. The lowest BCUT2D eigenvalue weighted by atomic mass is 9.73. The fourth-order valence-corrected chi connectivity index (χ4v) is 5.80. The van der Waals surface area contributed by atoms with Crippen molar-refractivity contribution in [2.24, 2.45) is 17.8 Å². The number of allylic oxidation sites excluding steroid dienone is 2. The van der Waals surface area contributed by atoms with Crippen LogP contribution in [0.1, 0.15) is 211 Å². The highest BCUT2D eigenvalue weighted by molar-refractivity contribution is 6.29. The summed E-state index contributed by atoms with van der Waals surface area (Å²) < 4.78 is 0. The number of rotatable bonds is 18. The molecule has 0 spiro atoms. The third-order valence-corrected chi connectivity index (χ3v) is 8.77. The molecule has 0 fully saturated rings. The highest BCUT2D eigenvalue weighted by Crippen LogP contribution is 2.35. The minimum Gasteiger partial charge on any atom is -0.0898 e. The van der Waals surface area contributed by atoms with Gasteiger partial charge in [0.1, 0.15) is 0 Å². The van der Waals surface area contributed by atoms with Gasteiger partial charge in [0, 0.05) is 5.03 Å². The van der Waals surface area contributed by atoms with Gasteiger partial charge in [-0.2, -0.15) is 0 Å². The second kappa shape index (κ2) is 36.7. The van der Waals surface area contributed by atoms with Crippen molar-refractivity contribution in [2.45, 2.75) is 212 Å². The first-order valence-corrected chi connectivity index (χ1v) is 19.8. The average Bonchev–Trinajstić information content (AvgIpc) is 3.02. The quantitative estimate of drug-likeness (QED) is 0.141. The van der Waals surface area contributed by atoms with Crippen LogP contribution in [0.25, 0.3) is 0 Å². The van der Waals surface area contributed by atoms with Crippen molar-refractivity contribution in [3.8, 4) is 0 Å². The van der Waals surface area contributed by atoms with Crippen molar-refractivity contribution in [2.75, 3.05) is 0 Å². The average molecular weight is 638 g/mol. The van der Waals surface area contributed by atoms with Crippen molar-refractivity contribution < 1.29 is 0 Å². The van der Waals surface area contributed by atoms with Crippen LogP contribution in [-0.2, 0) is 5.41 Å². The number of hydrogen-bond acceptors (Lipinski definition) is 0. The van der Waals surface area contributed by atoms with E-state index in [-0.39, 0.29) is 5.41 Å². The van der Waals surface area contributed by atoms with Crippen LogP contribution in [0.4, 0.5) is 0 Å². The molecule has 3 unspecified atom stereocenters. The molecule has 264 valence electrons. The first-order valence-electron chi connectivity index (χ1n) is 19.4. The third-order valence-electron chi connectivity index (χ3n) is 8.64. The number of benzene rings is 1. The summed E-state index contributed by atoms with van der Waals surface area (Å²) in [5, 5.41) is 0.893. The van der Waals surface area contributed by atoms with Crippen LogP contribution >= 0.6 is 11.6 Å². The Morgan fingerprint density at radius 3 is 1.39 bits per heavy atom. The van der Waals surface area contributed by atoms with Gasteiger partial charge in [-0.25, -0.2) is 0 Å².